The molecule has 0 saturated carbocycles. The lowest BCUT2D eigenvalue weighted by atomic mass is 9.95. The molecule has 3 N–H and O–H groups in total. The molecule has 164 valence electrons. The summed E-state index contributed by atoms with van der Waals surface area (Å²) in [6, 6.07) is 16.2. The van der Waals surface area contributed by atoms with Crippen LogP contribution in [0.2, 0.25) is 0 Å². The zero-order valence-electron chi connectivity index (χ0n) is 17.5. The fraction of sp³-hybridized carbons (Fsp3) is 0.375. The van der Waals surface area contributed by atoms with Crippen LogP contribution in [0.25, 0.3) is 11.1 Å². The third kappa shape index (κ3) is 5.84. The normalized spacial score (nSPS) is 17.7. The van der Waals surface area contributed by atoms with Crippen LogP contribution in [-0.4, -0.2) is 51.7 Å². The van der Waals surface area contributed by atoms with E-state index < -0.39 is 36.0 Å². The highest BCUT2D eigenvalue weighted by molar-refractivity contribution is 5.83. The second-order valence-electron chi connectivity index (χ2n) is 8.08. The standard InChI is InChI=1S/C24H28N2O5/c1-16(22(27)28)14-20(25-24(31)26-13-5-8-21(26)23(29)30)15-17-9-11-19(12-10-17)18-6-3-2-4-7-18/h2-4,6-7,9-12,16,20-21H,5,8,13-15H2,1H3,(H,25,31)(H,27,28)(H,29,30)/t16?,20?,21-/m0/s1. The second-order valence-corrected chi connectivity index (χ2v) is 8.08. The molecule has 2 unspecified atom stereocenters. The minimum atomic E-state index is -1.01. The van der Waals surface area contributed by atoms with Gasteiger partial charge >= 0.3 is 18.0 Å². The highest BCUT2D eigenvalue weighted by Crippen LogP contribution is 2.22. The van der Waals surface area contributed by atoms with Gasteiger partial charge in [-0.25, -0.2) is 9.59 Å². The quantitative estimate of drug-likeness (QED) is 0.600. The molecule has 1 saturated heterocycles. The lowest BCUT2D eigenvalue weighted by molar-refractivity contribution is -0.142. The van der Waals surface area contributed by atoms with E-state index in [0.717, 1.165) is 16.7 Å². The first-order valence-electron chi connectivity index (χ1n) is 10.5. The number of rotatable bonds is 8. The molecule has 0 radical (unpaired) electrons. The monoisotopic (exact) mass is 424 g/mol. The Bertz CT molecular complexity index is 913. The number of carbonyl (C=O) groups is 3. The van der Waals surface area contributed by atoms with E-state index in [1.165, 1.54) is 4.90 Å². The maximum atomic E-state index is 12.8. The number of nitrogens with one attached hydrogen (secondary N) is 1. The van der Waals surface area contributed by atoms with Crippen LogP contribution in [0.5, 0.6) is 0 Å². The molecule has 1 aliphatic rings. The molecule has 0 spiro atoms. The molecule has 2 aromatic rings. The average Bonchev–Trinajstić information content (AvgIpc) is 3.25. The smallest absolute Gasteiger partial charge is 0.326 e. The van der Waals surface area contributed by atoms with Crippen LogP contribution < -0.4 is 5.32 Å². The molecule has 31 heavy (non-hydrogen) atoms. The maximum Gasteiger partial charge on any atom is 0.326 e. The van der Waals surface area contributed by atoms with Crippen LogP contribution in [-0.2, 0) is 16.0 Å². The molecule has 2 amide bonds. The molecule has 0 bridgehead atoms. The Balaban J connectivity index is 1.72. The van der Waals surface area contributed by atoms with Crippen molar-refractivity contribution < 1.29 is 24.6 Å². The third-order valence-corrected chi connectivity index (χ3v) is 5.73. The van der Waals surface area contributed by atoms with E-state index in [1.807, 2.05) is 54.6 Å². The predicted octanol–water partition coefficient (Wildman–Crippen LogP) is 3.63. The Hall–Kier alpha value is -3.35. The van der Waals surface area contributed by atoms with Crippen LogP contribution in [0.4, 0.5) is 4.79 Å². The van der Waals surface area contributed by atoms with Gasteiger partial charge in [-0.05, 0) is 42.4 Å². The fourth-order valence-electron chi connectivity index (χ4n) is 3.99. The third-order valence-electron chi connectivity index (χ3n) is 5.73. The van der Waals surface area contributed by atoms with Gasteiger partial charge in [-0.1, -0.05) is 61.5 Å². The molecule has 3 atom stereocenters. The zero-order chi connectivity index (χ0) is 22.4. The van der Waals surface area contributed by atoms with Crippen molar-refractivity contribution in [1.29, 1.82) is 0 Å². The number of carboxylic acid groups (broad SMARTS) is 2. The van der Waals surface area contributed by atoms with Crippen LogP contribution in [0.3, 0.4) is 0 Å². The van der Waals surface area contributed by atoms with Gasteiger partial charge in [-0.2, -0.15) is 0 Å². The first-order chi connectivity index (χ1) is 14.8. The summed E-state index contributed by atoms with van der Waals surface area (Å²) in [6.07, 6.45) is 1.79. The lowest BCUT2D eigenvalue weighted by Gasteiger charge is -2.27. The van der Waals surface area contributed by atoms with Crippen molar-refractivity contribution in [3.8, 4) is 11.1 Å². The summed E-state index contributed by atoms with van der Waals surface area (Å²) in [5, 5.41) is 21.5. The van der Waals surface area contributed by atoms with Crippen molar-refractivity contribution in [2.45, 2.75) is 44.7 Å². The van der Waals surface area contributed by atoms with E-state index in [9.17, 15) is 24.6 Å². The topological polar surface area (TPSA) is 107 Å². The molecule has 1 heterocycles. The van der Waals surface area contributed by atoms with E-state index in [1.54, 1.807) is 6.92 Å². The largest absolute Gasteiger partial charge is 0.481 e. The Morgan fingerprint density at radius 3 is 2.29 bits per heavy atom. The summed E-state index contributed by atoms with van der Waals surface area (Å²) in [5.74, 6) is -2.58. The van der Waals surface area contributed by atoms with Crippen molar-refractivity contribution in [2.24, 2.45) is 5.92 Å². The minimum absolute atomic E-state index is 0.257. The maximum absolute atomic E-state index is 12.8. The number of amides is 2. The van der Waals surface area contributed by atoms with Crippen molar-refractivity contribution in [3.63, 3.8) is 0 Å². The van der Waals surface area contributed by atoms with Crippen molar-refractivity contribution in [3.05, 3.63) is 60.2 Å². The number of likely N-dealkylation sites (tertiary alicyclic amines) is 1. The van der Waals surface area contributed by atoms with E-state index in [2.05, 4.69) is 5.32 Å². The molecule has 3 rings (SSSR count). The van der Waals surface area contributed by atoms with Gasteiger partial charge in [0, 0.05) is 12.6 Å². The van der Waals surface area contributed by atoms with Crippen molar-refractivity contribution in [1.82, 2.24) is 10.2 Å². The Labute approximate surface area is 181 Å². The van der Waals surface area contributed by atoms with Crippen molar-refractivity contribution >= 4 is 18.0 Å². The molecular weight excluding hydrogens is 396 g/mol. The van der Waals surface area contributed by atoms with E-state index in [0.29, 0.717) is 25.8 Å². The Kier molecular flexibility index (Phi) is 7.28. The summed E-state index contributed by atoms with van der Waals surface area (Å²) in [7, 11) is 0. The molecule has 7 nitrogen and oxygen atoms in total. The minimum Gasteiger partial charge on any atom is -0.481 e. The summed E-state index contributed by atoms with van der Waals surface area (Å²) in [4.78, 5) is 36.9. The summed E-state index contributed by atoms with van der Waals surface area (Å²) >= 11 is 0. The molecule has 2 aromatic carbocycles. The van der Waals surface area contributed by atoms with Crippen molar-refractivity contribution in [2.75, 3.05) is 6.54 Å². The van der Waals surface area contributed by atoms with E-state index >= 15 is 0 Å². The molecule has 0 aromatic heterocycles. The summed E-state index contributed by atoms with van der Waals surface area (Å²) < 4.78 is 0. The average molecular weight is 424 g/mol. The van der Waals surface area contributed by atoms with Crippen LogP contribution in [0.15, 0.2) is 54.6 Å². The van der Waals surface area contributed by atoms with Gasteiger partial charge in [0.25, 0.3) is 0 Å². The number of carbonyl (C=O) groups excluding carboxylic acids is 1. The number of hydrogen-bond acceptors (Lipinski definition) is 3. The molecule has 7 heteroatoms. The van der Waals surface area contributed by atoms with Gasteiger partial charge < -0.3 is 20.4 Å². The van der Waals surface area contributed by atoms with Gasteiger partial charge in [-0.15, -0.1) is 0 Å². The number of hydrogen-bond donors (Lipinski definition) is 3. The number of carboxylic acids is 2. The molecular formula is C24H28N2O5. The van der Waals surface area contributed by atoms with Gasteiger partial charge in [0.1, 0.15) is 6.04 Å². The van der Waals surface area contributed by atoms with Gasteiger partial charge in [0.2, 0.25) is 0 Å². The fourth-order valence-corrected chi connectivity index (χ4v) is 3.99. The lowest BCUT2D eigenvalue weighted by Crippen LogP contribution is -2.50. The highest BCUT2D eigenvalue weighted by atomic mass is 16.4. The number of nitrogens with zero attached hydrogens (tertiary/aromatic N) is 1. The van der Waals surface area contributed by atoms with E-state index in [4.69, 9.17) is 0 Å². The molecule has 0 aliphatic carbocycles. The summed E-state index contributed by atoms with van der Waals surface area (Å²) in [5.41, 5.74) is 3.15. The van der Waals surface area contributed by atoms with Crippen LogP contribution in [0, 0.1) is 5.92 Å². The zero-order valence-corrected chi connectivity index (χ0v) is 17.5. The number of urea groups is 1. The van der Waals surface area contributed by atoms with Gasteiger partial charge in [-0.3, -0.25) is 4.79 Å². The second kappa shape index (κ2) is 10.1. The SMILES string of the molecule is CC(CC(Cc1ccc(-c2ccccc2)cc1)NC(=O)N1CCC[C@H]1C(=O)O)C(=O)O. The molecule has 1 aliphatic heterocycles. The Morgan fingerprint density at radius 1 is 1.03 bits per heavy atom. The first-order valence-corrected chi connectivity index (χ1v) is 10.5. The van der Waals surface area contributed by atoms with E-state index in [-0.39, 0.29) is 6.42 Å². The predicted molar refractivity (Wildman–Crippen MR) is 117 cm³/mol. The highest BCUT2D eigenvalue weighted by Gasteiger charge is 2.35. The number of aliphatic carboxylic acids is 2. The van der Waals surface area contributed by atoms with Crippen LogP contribution >= 0.6 is 0 Å². The molecule has 1 fully saturated rings. The van der Waals surface area contributed by atoms with Crippen LogP contribution in [0.1, 0.15) is 31.7 Å². The first kappa shape index (κ1) is 22.3. The summed E-state index contributed by atoms with van der Waals surface area (Å²) in [6.45, 7) is 1.99. The number of benzene rings is 2. The van der Waals surface area contributed by atoms with Gasteiger partial charge in [0.05, 0.1) is 5.92 Å². The Morgan fingerprint density at radius 2 is 1.68 bits per heavy atom. The van der Waals surface area contributed by atoms with Gasteiger partial charge in [0.15, 0.2) is 0 Å².